The average molecular weight is 409 g/mol. The number of fused-ring (bicyclic) bond motifs is 1. The van der Waals surface area contributed by atoms with Crippen molar-refractivity contribution in [3.05, 3.63) is 36.0 Å². The second-order valence-electron chi connectivity index (χ2n) is 7.42. The number of carbonyl (C=O) groups is 1. The zero-order valence-electron chi connectivity index (χ0n) is 16.4. The molecule has 154 valence electrons. The molecule has 0 atom stereocenters. The number of anilines is 2. The topological polar surface area (TPSA) is 109 Å². The average Bonchev–Trinajstić information content (AvgIpc) is 3.29. The third kappa shape index (κ3) is 3.28. The van der Waals surface area contributed by atoms with Crippen LogP contribution in [-0.2, 0) is 9.53 Å². The van der Waals surface area contributed by atoms with Crippen LogP contribution in [0.5, 0.6) is 0 Å². The van der Waals surface area contributed by atoms with E-state index in [9.17, 15) is 9.18 Å². The number of ether oxygens (including phenoxy) is 1. The van der Waals surface area contributed by atoms with Crippen molar-refractivity contribution in [3.63, 3.8) is 0 Å². The van der Waals surface area contributed by atoms with Crippen molar-refractivity contribution in [2.45, 2.75) is 25.8 Å². The van der Waals surface area contributed by atoms with Crippen molar-refractivity contribution in [2.24, 2.45) is 0 Å². The summed E-state index contributed by atoms with van der Waals surface area (Å²) in [4.78, 5) is 27.4. The molecule has 1 fully saturated rings. The summed E-state index contributed by atoms with van der Waals surface area (Å²) in [5.74, 6) is 0.777. The molecule has 9 nitrogen and oxygen atoms in total. The number of H-pyrrole nitrogens is 1. The van der Waals surface area contributed by atoms with E-state index < -0.39 is 5.82 Å². The van der Waals surface area contributed by atoms with Gasteiger partial charge in [0.15, 0.2) is 17.5 Å². The maximum absolute atomic E-state index is 14.8. The number of hydrogen-bond donors (Lipinski definition) is 2. The fraction of sp³-hybridized carbons (Fsp3) is 0.350. The molecule has 2 aromatic heterocycles. The maximum Gasteiger partial charge on any atom is 0.245 e. The number of carbonyl (C=O) groups excluding carboxylic acids is 1. The Morgan fingerprint density at radius 1 is 1.20 bits per heavy atom. The second-order valence-corrected chi connectivity index (χ2v) is 7.42. The Morgan fingerprint density at radius 2 is 2.03 bits per heavy atom. The van der Waals surface area contributed by atoms with E-state index >= 15 is 0 Å². The summed E-state index contributed by atoms with van der Waals surface area (Å²) in [6.07, 6.45) is 4.60. The zero-order chi connectivity index (χ0) is 20.7. The number of nitrogens with one attached hydrogen (secondary N) is 2. The van der Waals surface area contributed by atoms with E-state index in [2.05, 4.69) is 25.5 Å². The Kier molecular flexibility index (Phi) is 4.62. The second kappa shape index (κ2) is 7.45. The molecular formula is C20H20FN7O2. The summed E-state index contributed by atoms with van der Waals surface area (Å²) in [7, 11) is 0. The van der Waals surface area contributed by atoms with Gasteiger partial charge in [0.2, 0.25) is 5.91 Å². The molecule has 0 spiro atoms. The van der Waals surface area contributed by atoms with Crippen molar-refractivity contribution in [2.75, 3.05) is 30.0 Å². The molecule has 2 N–H and O–H groups in total. The zero-order valence-corrected chi connectivity index (χ0v) is 16.4. The first-order chi connectivity index (χ1) is 14.6. The van der Waals surface area contributed by atoms with E-state index in [0.717, 1.165) is 18.4 Å². The van der Waals surface area contributed by atoms with Gasteiger partial charge in [0.05, 0.1) is 24.0 Å². The molecule has 0 bridgehead atoms. The summed E-state index contributed by atoms with van der Waals surface area (Å²) < 4.78 is 20.3. The van der Waals surface area contributed by atoms with Crippen LogP contribution in [0.1, 0.15) is 18.4 Å². The van der Waals surface area contributed by atoms with Crippen LogP contribution in [0.4, 0.5) is 16.0 Å². The van der Waals surface area contributed by atoms with Gasteiger partial charge < -0.3 is 15.0 Å². The highest BCUT2D eigenvalue weighted by atomic mass is 19.1. The number of aryl methyl sites for hydroxylation is 1. The van der Waals surface area contributed by atoms with E-state index in [1.165, 1.54) is 12.4 Å². The quantitative estimate of drug-likeness (QED) is 0.683. The third-order valence-corrected chi connectivity index (χ3v) is 5.48. The predicted octanol–water partition coefficient (Wildman–Crippen LogP) is 2.31. The normalized spacial score (nSPS) is 17.0. The van der Waals surface area contributed by atoms with Crippen LogP contribution in [0.15, 0.2) is 24.7 Å². The number of halogens is 1. The molecular weight excluding hydrogens is 389 g/mol. The summed E-state index contributed by atoms with van der Waals surface area (Å²) in [5, 5.41) is 9.33. The van der Waals surface area contributed by atoms with Gasteiger partial charge in [-0.15, -0.1) is 0 Å². The smallest absolute Gasteiger partial charge is 0.245 e. The highest BCUT2D eigenvalue weighted by Crippen LogP contribution is 2.34. The number of aromatic nitrogens is 5. The Labute approximate surface area is 171 Å². The van der Waals surface area contributed by atoms with Crippen LogP contribution < -0.4 is 10.2 Å². The highest BCUT2D eigenvalue weighted by molar-refractivity contribution is 5.99. The number of aromatic amines is 1. The van der Waals surface area contributed by atoms with Crippen molar-refractivity contribution >= 4 is 17.5 Å². The standard InChI is InChI=1S/C20H20FN7O2/c1-11-6-14(18-23-10-24-27-18)15(21)7-13(11)16-8-22-19-20(25-16)28(9-17(29)26-19)12-2-4-30-5-3-12/h6-8,10,12H,2-5,9H2,1H3,(H,22,26,29)(H,23,24,27). The molecule has 0 unspecified atom stereocenters. The third-order valence-electron chi connectivity index (χ3n) is 5.48. The van der Waals surface area contributed by atoms with Crippen molar-refractivity contribution in [1.82, 2.24) is 25.1 Å². The van der Waals surface area contributed by atoms with Crippen LogP contribution in [0.3, 0.4) is 0 Å². The maximum atomic E-state index is 14.8. The first-order valence-electron chi connectivity index (χ1n) is 9.78. The molecule has 30 heavy (non-hydrogen) atoms. The molecule has 0 radical (unpaired) electrons. The number of hydrogen-bond acceptors (Lipinski definition) is 7. The highest BCUT2D eigenvalue weighted by Gasteiger charge is 2.31. The first-order valence-corrected chi connectivity index (χ1v) is 9.78. The molecule has 0 saturated carbocycles. The van der Waals surface area contributed by atoms with E-state index in [4.69, 9.17) is 9.72 Å². The minimum Gasteiger partial charge on any atom is -0.381 e. The Morgan fingerprint density at radius 3 is 2.80 bits per heavy atom. The van der Waals surface area contributed by atoms with Gasteiger partial charge in [-0.05, 0) is 37.5 Å². The lowest BCUT2D eigenvalue weighted by Crippen LogP contribution is -2.47. The predicted molar refractivity (Wildman–Crippen MR) is 107 cm³/mol. The van der Waals surface area contributed by atoms with Gasteiger partial charge in [0, 0.05) is 24.8 Å². The summed E-state index contributed by atoms with van der Waals surface area (Å²) in [5.41, 5.74) is 2.31. The monoisotopic (exact) mass is 409 g/mol. The summed E-state index contributed by atoms with van der Waals surface area (Å²) >= 11 is 0. The van der Waals surface area contributed by atoms with Gasteiger partial charge in [-0.3, -0.25) is 9.89 Å². The van der Waals surface area contributed by atoms with Gasteiger partial charge in [-0.1, -0.05) is 0 Å². The van der Waals surface area contributed by atoms with Crippen molar-refractivity contribution in [3.8, 4) is 22.6 Å². The molecule has 1 saturated heterocycles. The van der Waals surface area contributed by atoms with Crippen LogP contribution in [0.25, 0.3) is 22.6 Å². The van der Waals surface area contributed by atoms with Crippen molar-refractivity contribution in [1.29, 1.82) is 0 Å². The van der Waals surface area contributed by atoms with Gasteiger partial charge in [-0.2, -0.15) is 5.10 Å². The number of amides is 1. The van der Waals surface area contributed by atoms with E-state index in [1.54, 1.807) is 12.3 Å². The minimum atomic E-state index is -0.440. The SMILES string of the molecule is Cc1cc(-c2nc[nH]n2)c(F)cc1-c1cnc2c(n1)N(C1CCOCC1)CC(=O)N2. The Balaban J connectivity index is 1.55. The van der Waals surface area contributed by atoms with Gasteiger partial charge in [0.25, 0.3) is 0 Å². The van der Waals surface area contributed by atoms with Crippen molar-refractivity contribution < 1.29 is 13.9 Å². The van der Waals surface area contributed by atoms with E-state index in [-0.39, 0.29) is 18.5 Å². The van der Waals surface area contributed by atoms with Crippen LogP contribution in [-0.4, -0.2) is 56.9 Å². The molecule has 2 aliphatic heterocycles. The summed E-state index contributed by atoms with van der Waals surface area (Å²) in [6.45, 7) is 3.40. The molecule has 1 aromatic carbocycles. The minimum absolute atomic E-state index is 0.117. The van der Waals surface area contributed by atoms with Gasteiger partial charge >= 0.3 is 0 Å². The Hall–Kier alpha value is -3.40. The van der Waals surface area contributed by atoms with Crippen LogP contribution >= 0.6 is 0 Å². The molecule has 2 aliphatic rings. The molecule has 10 heteroatoms. The van der Waals surface area contributed by atoms with Crippen LogP contribution in [0.2, 0.25) is 0 Å². The molecule has 0 aliphatic carbocycles. The molecule has 3 aromatic rings. The fourth-order valence-electron chi connectivity index (χ4n) is 3.97. The lowest BCUT2D eigenvalue weighted by molar-refractivity contribution is -0.115. The number of benzene rings is 1. The molecule has 4 heterocycles. The first kappa shape index (κ1) is 18.6. The van der Waals surface area contributed by atoms with E-state index in [0.29, 0.717) is 47.5 Å². The van der Waals surface area contributed by atoms with Gasteiger partial charge in [0.1, 0.15) is 12.1 Å². The lowest BCUT2D eigenvalue weighted by atomic mass is 10.0. The Bertz CT molecular complexity index is 1100. The lowest BCUT2D eigenvalue weighted by Gasteiger charge is -2.37. The fourth-order valence-corrected chi connectivity index (χ4v) is 3.97. The number of nitrogens with zero attached hydrogens (tertiary/aromatic N) is 5. The van der Waals surface area contributed by atoms with E-state index in [1.807, 2.05) is 11.8 Å². The van der Waals surface area contributed by atoms with Gasteiger partial charge in [-0.25, -0.2) is 19.3 Å². The largest absolute Gasteiger partial charge is 0.381 e. The molecule has 5 rings (SSSR count). The summed E-state index contributed by atoms with van der Waals surface area (Å²) in [6, 6.07) is 3.28. The molecule has 1 amide bonds. The van der Waals surface area contributed by atoms with Crippen LogP contribution in [0, 0.1) is 12.7 Å². The number of rotatable bonds is 3.